The van der Waals surface area contributed by atoms with Crippen molar-refractivity contribution in [2.75, 3.05) is 59.5 Å². The van der Waals surface area contributed by atoms with E-state index in [4.69, 9.17) is 4.74 Å². The quantitative estimate of drug-likeness (QED) is 0.0465. The minimum absolute atomic E-state index is 0.186. The van der Waals surface area contributed by atoms with Crippen LogP contribution in [0.1, 0.15) is 103 Å². The fourth-order valence-corrected chi connectivity index (χ4v) is 7.49. The molecule has 0 saturated heterocycles. The molecule has 1 N–H and O–H groups in total. The fourth-order valence-electron chi connectivity index (χ4n) is 4.11. The molecule has 0 heterocycles. The Labute approximate surface area is 237 Å². The van der Waals surface area contributed by atoms with Crippen LogP contribution >= 0.6 is 34.4 Å². The number of halogens is 1. The van der Waals surface area contributed by atoms with E-state index in [0.29, 0.717) is 22.8 Å². The lowest BCUT2D eigenvalue weighted by atomic mass is 10.0. The fraction of sp³-hybridized carbons (Fsp3) is 1.00. The highest BCUT2D eigenvalue weighted by Gasteiger charge is 2.22. The Morgan fingerprint density at radius 1 is 0.829 bits per heavy atom. The van der Waals surface area contributed by atoms with Crippen LogP contribution in [0.2, 0.25) is 0 Å². The Kier molecular flexibility index (Phi) is 23.4. The number of sulfonamides is 1. The first-order chi connectivity index (χ1) is 16.6. The van der Waals surface area contributed by atoms with E-state index in [1.807, 2.05) is 11.8 Å². The molecule has 0 aliphatic heterocycles. The van der Waals surface area contributed by atoms with E-state index >= 15 is 0 Å². The Balaban J connectivity index is 3.82. The molecule has 0 aliphatic rings. The third kappa shape index (κ3) is 25.0. The van der Waals surface area contributed by atoms with Gasteiger partial charge in [0.25, 0.3) is 0 Å². The normalized spacial score (nSPS) is 14.3. The molecule has 2 atom stereocenters. The average Bonchev–Trinajstić information content (AvgIpc) is 2.78. The van der Waals surface area contributed by atoms with Gasteiger partial charge in [-0.05, 0) is 12.2 Å². The van der Waals surface area contributed by atoms with Crippen molar-refractivity contribution >= 4 is 44.4 Å². The summed E-state index contributed by atoms with van der Waals surface area (Å²) < 4.78 is 34.1. The van der Waals surface area contributed by atoms with Crippen molar-refractivity contribution in [1.29, 1.82) is 0 Å². The molecule has 0 aromatic rings. The molecule has 0 amide bonds. The van der Waals surface area contributed by atoms with Gasteiger partial charge in [0.15, 0.2) is 0 Å². The van der Waals surface area contributed by atoms with Crippen molar-refractivity contribution in [3.63, 3.8) is 0 Å². The van der Waals surface area contributed by atoms with Crippen molar-refractivity contribution in [3.8, 4) is 0 Å². The lowest BCUT2D eigenvalue weighted by molar-refractivity contribution is -0.870. The molecule has 0 aromatic carbocycles. The topological polar surface area (TPSA) is 55.4 Å². The highest BCUT2D eigenvalue weighted by molar-refractivity contribution is 14.1. The van der Waals surface area contributed by atoms with Crippen LogP contribution in [0.3, 0.4) is 0 Å². The summed E-state index contributed by atoms with van der Waals surface area (Å²) in [5, 5.41) is 0. The molecule has 0 fully saturated rings. The largest absolute Gasteiger partial charge is 0.384 e. The number of nitrogens with one attached hydrogen (secondary N) is 1. The zero-order valence-electron chi connectivity index (χ0n) is 23.7. The van der Waals surface area contributed by atoms with Gasteiger partial charge in [0.1, 0.15) is 0 Å². The second-order valence-electron chi connectivity index (χ2n) is 11.1. The van der Waals surface area contributed by atoms with E-state index < -0.39 is 10.0 Å². The van der Waals surface area contributed by atoms with E-state index in [2.05, 4.69) is 55.4 Å². The van der Waals surface area contributed by atoms with Crippen molar-refractivity contribution in [3.05, 3.63) is 0 Å². The average molecular weight is 650 g/mol. The lowest BCUT2D eigenvalue weighted by Gasteiger charge is -2.24. The summed E-state index contributed by atoms with van der Waals surface area (Å²) >= 11 is 4.41. The third-order valence-corrected chi connectivity index (χ3v) is 11.1. The SMILES string of the molecule is CCCCCCCCCCCCCCCCSC(I)C(CNS(=O)(=O)CCC[N+](C)(C)C)COC. The van der Waals surface area contributed by atoms with Gasteiger partial charge in [-0.2, -0.15) is 0 Å². The maximum Gasteiger partial charge on any atom is 0.211 e. The van der Waals surface area contributed by atoms with Crippen LogP contribution in [0.15, 0.2) is 0 Å². The maximum atomic E-state index is 12.4. The summed E-state index contributed by atoms with van der Waals surface area (Å²) in [4.78, 5) is 0. The predicted octanol–water partition coefficient (Wildman–Crippen LogP) is 7.24. The second kappa shape index (κ2) is 22.9. The smallest absolute Gasteiger partial charge is 0.211 e. The summed E-state index contributed by atoms with van der Waals surface area (Å²) in [6, 6.07) is 0. The number of methoxy groups -OCH3 is 1. The molecule has 8 heteroatoms. The predicted molar refractivity (Wildman–Crippen MR) is 165 cm³/mol. The van der Waals surface area contributed by atoms with Gasteiger partial charge in [0.2, 0.25) is 10.0 Å². The van der Waals surface area contributed by atoms with Crippen molar-refractivity contribution < 1.29 is 17.6 Å². The van der Waals surface area contributed by atoms with E-state index in [1.165, 1.54) is 89.9 Å². The van der Waals surface area contributed by atoms with Gasteiger partial charge >= 0.3 is 0 Å². The standard InChI is InChI=1S/C27H58IN2O3S2/c1-6-7-8-9-10-11-12-13-14-15-16-17-18-19-22-34-27(28)26(25-33-5)24-29-35(31,32)23-20-21-30(2,3)4/h26-27,29H,6-25H2,1-5H3/q+1. The molecule has 2 unspecified atom stereocenters. The molecule has 0 spiro atoms. The second-order valence-corrected chi connectivity index (χ2v) is 16.4. The van der Waals surface area contributed by atoms with Gasteiger partial charge in [0.05, 0.1) is 43.3 Å². The van der Waals surface area contributed by atoms with E-state index in [0.717, 1.165) is 16.8 Å². The molecule has 212 valence electrons. The molecular weight excluding hydrogens is 591 g/mol. The molecule has 0 bridgehead atoms. The van der Waals surface area contributed by atoms with Crippen molar-refractivity contribution in [2.45, 2.75) is 106 Å². The van der Waals surface area contributed by atoms with Crippen LogP contribution < -0.4 is 4.72 Å². The molecule has 35 heavy (non-hydrogen) atoms. The molecule has 5 nitrogen and oxygen atoms in total. The summed E-state index contributed by atoms with van der Waals surface area (Å²) in [5.41, 5.74) is 0. The van der Waals surface area contributed by atoms with Crippen LogP contribution in [-0.4, -0.2) is 75.6 Å². The summed E-state index contributed by atoms with van der Waals surface area (Å²) in [5.74, 6) is 1.52. The number of hydrogen-bond acceptors (Lipinski definition) is 4. The highest BCUT2D eigenvalue weighted by Crippen LogP contribution is 2.28. The van der Waals surface area contributed by atoms with Gasteiger partial charge in [-0.15, -0.1) is 11.8 Å². The molecular formula is C27H58IN2O3S2+. The zero-order valence-corrected chi connectivity index (χ0v) is 27.5. The van der Waals surface area contributed by atoms with Crippen molar-refractivity contribution in [2.24, 2.45) is 5.92 Å². The first-order valence-electron chi connectivity index (χ1n) is 14.1. The van der Waals surface area contributed by atoms with Crippen LogP contribution in [-0.2, 0) is 14.8 Å². The third-order valence-electron chi connectivity index (χ3n) is 6.33. The molecule has 0 aliphatic carbocycles. The molecule has 0 radical (unpaired) electrons. The van der Waals surface area contributed by atoms with Gasteiger partial charge in [-0.1, -0.05) is 113 Å². The summed E-state index contributed by atoms with van der Waals surface area (Å²) in [6.07, 6.45) is 20.1. The van der Waals surface area contributed by atoms with Gasteiger partial charge in [-0.3, -0.25) is 0 Å². The Morgan fingerprint density at radius 3 is 1.77 bits per heavy atom. The van der Waals surface area contributed by atoms with Crippen molar-refractivity contribution in [1.82, 2.24) is 4.72 Å². The van der Waals surface area contributed by atoms with Gasteiger partial charge in [-0.25, -0.2) is 13.1 Å². The Bertz CT molecular complexity index is 571. The number of unbranched alkanes of at least 4 members (excludes halogenated alkanes) is 13. The number of rotatable bonds is 26. The van der Waals surface area contributed by atoms with Crippen LogP contribution in [0, 0.1) is 5.92 Å². The van der Waals surface area contributed by atoms with Gasteiger partial charge < -0.3 is 9.22 Å². The first-order valence-corrected chi connectivity index (χ1v) is 18.1. The number of ether oxygens (including phenoxy) is 1. The number of quaternary nitrogens is 1. The Morgan fingerprint density at radius 2 is 1.31 bits per heavy atom. The first kappa shape index (κ1) is 35.9. The molecule has 0 rings (SSSR count). The number of alkyl halides is 1. The molecule has 0 aromatic heterocycles. The number of nitrogens with zero attached hydrogens (tertiary/aromatic N) is 1. The monoisotopic (exact) mass is 649 g/mol. The Hall–Kier alpha value is 0.910. The maximum absolute atomic E-state index is 12.4. The summed E-state index contributed by atoms with van der Waals surface area (Å²) in [6.45, 7) is 4.18. The molecule has 0 saturated carbocycles. The van der Waals surface area contributed by atoms with E-state index in [1.54, 1.807) is 7.11 Å². The minimum atomic E-state index is -3.23. The zero-order chi connectivity index (χ0) is 26.4. The van der Waals surface area contributed by atoms with E-state index in [9.17, 15) is 8.42 Å². The number of hydrogen-bond donors (Lipinski definition) is 1. The van der Waals surface area contributed by atoms with Gasteiger partial charge in [0, 0.05) is 26.0 Å². The minimum Gasteiger partial charge on any atom is -0.384 e. The lowest BCUT2D eigenvalue weighted by Crippen LogP contribution is -2.39. The van der Waals surface area contributed by atoms with Crippen LogP contribution in [0.4, 0.5) is 0 Å². The number of thioether (sulfide) groups is 1. The van der Waals surface area contributed by atoms with Crippen LogP contribution in [0.5, 0.6) is 0 Å². The highest BCUT2D eigenvalue weighted by atomic mass is 127. The van der Waals surface area contributed by atoms with E-state index in [-0.39, 0.29) is 11.7 Å². The van der Waals surface area contributed by atoms with Crippen LogP contribution in [0.25, 0.3) is 0 Å². The summed E-state index contributed by atoms with van der Waals surface area (Å²) in [7, 11) is 4.73.